The van der Waals surface area contributed by atoms with Gasteiger partial charge in [0.05, 0.1) is 6.10 Å². The second-order valence-electron chi connectivity index (χ2n) is 11.0. The van der Waals surface area contributed by atoms with Gasteiger partial charge in [0.25, 0.3) is 5.91 Å². The van der Waals surface area contributed by atoms with Crippen LogP contribution < -0.4 is 9.64 Å². The van der Waals surface area contributed by atoms with E-state index in [0.29, 0.717) is 25.2 Å². The number of carbonyl (C=O) groups is 2. The summed E-state index contributed by atoms with van der Waals surface area (Å²) in [5.74, 6) is 0.882. The molecular formula is C30H43N3O4. The van der Waals surface area contributed by atoms with Crippen LogP contribution in [0.5, 0.6) is 5.75 Å². The number of benzene rings is 2. The number of hydrogen-bond acceptors (Lipinski definition) is 5. The van der Waals surface area contributed by atoms with Crippen LogP contribution >= 0.6 is 0 Å². The standard InChI is InChI=1S/C30H43N3O4/c1-23(2)36-27-15-11-14-26(21-27)31(6)18-19-33(29(35)37-30(3,4)5)22-24-12-10-13-25(20-24)28(34)32-16-8-7-9-17-32/h10-15,20-21,23H,7-9,16-19,22H2,1-6H3. The minimum atomic E-state index is -0.601. The zero-order chi connectivity index (χ0) is 27.0. The highest BCUT2D eigenvalue weighted by Crippen LogP contribution is 2.22. The highest BCUT2D eigenvalue weighted by Gasteiger charge is 2.24. The molecule has 2 aromatic rings. The number of rotatable bonds is 9. The van der Waals surface area contributed by atoms with E-state index in [1.807, 2.05) is 95.1 Å². The zero-order valence-corrected chi connectivity index (χ0v) is 23.3. The molecule has 1 aliphatic heterocycles. The largest absolute Gasteiger partial charge is 0.491 e. The van der Waals surface area contributed by atoms with Crippen LogP contribution in [0.15, 0.2) is 48.5 Å². The first-order valence-corrected chi connectivity index (χ1v) is 13.4. The van der Waals surface area contributed by atoms with Crippen LogP contribution in [0.4, 0.5) is 10.5 Å². The Kier molecular flexibility index (Phi) is 9.84. The number of ether oxygens (including phenoxy) is 2. The lowest BCUT2D eigenvalue weighted by Crippen LogP contribution is -2.40. The van der Waals surface area contributed by atoms with Crippen LogP contribution in [0.2, 0.25) is 0 Å². The van der Waals surface area contributed by atoms with Gasteiger partial charge in [0.15, 0.2) is 0 Å². The van der Waals surface area contributed by atoms with Gasteiger partial charge in [0.2, 0.25) is 0 Å². The van der Waals surface area contributed by atoms with Crippen molar-refractivity contribution in [3.05, 3.63) is 59.7 Å². The fourth-order valence-corrected chi connectivity index (χ4v) is 4.33. The molecule has 0 atom stereocenters. The van der Waals surface area contributed by atoms with Crippen LogP contribution in [0.1, 0.15) is 69.8 Å². The van der Waals surface area contributed by atoms with Gasteiger partial charge in [0.1, 0.15) is 11.4 Å². The molecule has 0 spiro atoms. The Morgan fingerprint density at radius 1 is 0.973 bits per heavy atom. The fourth-order valence-electron chi connectivity index (χ4n) is 4.33. The van der Waals surface area contributed by atoms with Gasteiger partial charge in [-0.25, -0.2) is 4.79 Å². The lowest BCUT2D eigenvalue weighted by molar-refractivity contribution is 0.0239. The summed E-state index contributed by atoms with van der Waals surface area (Å²) in [6.07, 6.45) is 3.01. The summed E-state index contributed by atoms with van der Waals surface area (Å²) in [7, 11) is 2.00. The molecule has 2 aromatic carbocycles. The molecule has 1 saturated heterocycles. The molecule has 3 rings (SSSR count). The molecular weight excluding hydrogens is 466 g/mol. The minimum absolute atomic E-state index is 0.0635. The van der Waals surface area contributed by atoms with Crippen molar-refractivity contribution < 1.29 is 19.1 Å². The highest BCUT2D eigenvalue weighted by atomic mass is 16.6. The molecule has 0 saturated carbocycles. The fraction of sp³-hybridized carbons (Fsp3) is 0.533. The summed E-state index contributed by atoms with van der Waals surface area (Å²) in [5, 5.41) is 0. The first kappa shape index (κ1) is 28.4. The number of piperidine rings is 1. The minimum Gasteiger partial charge on any atom is -0.491 e. The van der Waals surface area contributed by atoms with E-state index < -0.39 is 5.60 Å². The Labute approximate surface area is 222 Å². The summed E-state index contributed by atoms with van der Waals surface area (Å²) in [6.45, 7) is 12.7. The van der Waals surface area contributed by atoms with E-state index in [2.05, 4.69) is 4.90 Å². The van der Waals surface area contributed by atoms with Gasteiger partial charge >= 0.3 is 6.09 Å². The maximum absolute atomic E-state index is 13.1. The van der Waals surface area contributed by atoms with Gasteiger partial charge in [-0.15, -0.1) is 0 Å². The maximum Gasteiger partial charge on any atom is 0.410 e. The third-order valence-electron chi connectivity index (χ3n) is 6.18. The average Bonchev–Trinajstić information content (AvgIpc) is 2.85. The second kappa shape index (κ2) is 12.8. The summed E-state index contributed by atoms with van der Waals surface area (Å²) >= 11 is 0. The second-order valence-corrected chi connectivity index (χ2v) is 11.0. The summed E-state index contributed by atoms with van der Waals surface area (Å²) in [5.41, 5.74) is 1.98. The average molecular weight is 510 g/mol. The highest BCUT2D eigenvalue weighted by molar-refractivity contribution is 5.94. The third kappa shape index (κ3) is 8.99. The monoisotopic (exact) mass is 509 g/mol. The lowest BCUT2D eigenvalue weighted by atomic mass is 10.1. The van der Waals surface area contributed by atoms with E-state index in [9.17, 15) is 9.59 Å². The number of nitrogens with zero attached hydrogens (tertiary/aromatic N) is 3. The van der Waals surface area contributed by atoms with Crippen molar-refractivity contribution in [2.24, 2.45) is 0 Å². The smallest absolute Gasteiger partial charge is 0.410 e. The first-order chi connectivity index (χ1) is 17.5. The molecule has 1 aliphatic rings. The van der Waals surface area contributed by atoms with Gasteiger partial charge in [-0.3, -0.25) is 4.79 Å². The predicted octanol–water partition coefficient (Wildman–Crippen LogP) is 5.97. The first-order valence-electron chi connectivity index (χ1n) is 13.4. The van der Waals surface area contributed by atoms with E-state index in [-0.39, 0.29) is 18.1 Å². The maximum atomic E-state index is 13.1. The molecule has 2 amide bonds. The number of carbonyl (C=O) groups excluding carboxylic acids is 2. The zero-order valence-electron chi connectivity index (χ0n) is 23.3. The molecule has 7 nitrogen and oxygen atoms in total. The van der Waals surface area contributed by atoms with Crippen molar-refractivity contribution in [3.8, 4) is 5.75 Å². The topological polar surface area (TPSA) is 62.3 Å². The molecule has 0 unspecified atom stereocenters. The van der Waals surface area contributed by atoms with Crippen molar-refractivity contribution in [1.82, 2.24) is 9.80 Å². The summed E-state index contributed by atoms with van der Waals surface area (Å²) < 4.78 is 11.6. The van der Waals surface area contributed by atoms with Crippen molar-refractivity contribution in [2.75, 3.05) is 38.1 Å². The van der Waals surface area contributed by atoms with E-state index in [1.54, 1.807) is 4.90 Å². The molecule has 0 aliphatic carbocycles. The van der Waals surface area contributed by atoms with Gasteiger partial charge in [-0.1, -0.05) is 18.2 Å². The van der Waals surface area contributed by atoms with Crippen LogP contribution in [0, 0.1) is 0 Å². The van der Waals surface area contributed by atoms with Crippen molar-refractivity contribution >= 4 is 17.7 Å². The number of likely N-dealkylation sites (N-methyl/N-ethyl adjacent to an activating group) is 1. The molecule has 1 fully saturated rings. The van der Waals surface area contributed by atoms with Crippen LogP contribution in [-0.2, 0) is 11.3 Å². The van der Waals surface area contributed by atoms with Crippen LogP contribution in [-0.4, -0.2) is 66.7 Å². The van der Waals surface area contributed by atoms with E-state index >= 15 is 0 Å². The number of amides is 2. The van der Waals surface area contributed by atoms with Gasteiger partial charge in [-0.2, -0.15) is 0 Å². The van der Waals surface area contributed by atoms with E-state index in [4.69, 9.17) is 9.47 Å². The quantitative estimate of drug-likeness (QED) is 0.417. The number of likely N-dealkylation sites (tertiary alicyclic amines) is 1. The molecule has 202 valence electrons. The SMILES string of the molecule is CC(C)Oc1cccc(N(C)CCN(Cc2cccc(C(=O)N3CCCCC3)c2)C(=O)OC(C)(C)C)c1. The number of hydrogen-bond donors (Lipinski definition) is 0. The van der Waals surface area contributed by atoms with Gasteiger partial charge in [-0.05, 0) is 83.7 Å². The number of anilines is 1. The molecule has 0 N–H and O–H groups in total. The molecule has 1 heterocycles. The Bertz CT molecular complexity index is 1040. The molecule has 0 aromatic heterocycles. The van der Waals surface area contributed by atoms with Crippen molar-refractivity contribution in [2.45, 2.75) is 72.1 Å². The van der Waals surface area contributed by atoms with Crippen LogP contribution in [0.25, 0.3) is 0 Å². The van der Waals surface area contributed by atoms with Gasteiger partial charge < -0.3 is 24.2 Å². The van der Waals surface area contributed by atoms with Crippen molar-refractivity contribution in [1.29, 1.82) is 0 Å². The normalized spacial score (nSPS) is 13.9. The van der Waals surface area contributed by atoms with Crippen molar-refractivity contribution in [3.63, 3.8) is 0 Å². The van der Waals surface area contributed by atoms with Gasteiger partial charge in [0, 0.05) is 57.1 Å². The molecule has 7 heteroatoms. The predicted molar refractivity (Wildman–Crippen MR) is 148 cm³/mol. The molecule has 0 radical (unpaired) electrons. The van der Waals surface area contributed by atoms with Crippen LogP contribution in [0.3, 0.4) is 0 Å². The van der Waals surface area contributed by atoms with E-state index in [0.717, 1.165) is 42.9 Å². The Morgan fingerprint density at radius 3 is 2.35 bits per heavy atom. The Morgan fingerprint density at radius 2 is 1.68 bits per heavy atom. The lowest BCUT2D eigenvalue weighted by Gasteiger charge is -2.30. The molecule has 0 bridgehead atoms. The van der Waals surface area contributed by atoms with E-state index in [1.165, 1.54) is 6.42 Å². The molecule has 37 heavy (non-hydrogen) atoms. The Hall–Kier alpha value is -3.22. The summed E-state index contributed by atoms with van der Waals surface area (Å²) in [4.78, 5) is 31.9. The Balaban J connectivity index is 1.72. The summed E-state index contributed by atoms with van der Waals surface area (Å²) in [6, 6.07) is 15.6. The third-order valence-corrected chi connectivity index (χ3v) is 6.18.